The maximum atomic E-state index is 13.0. The van der Waals surface area contributed by atoms with Crippen molar-refractivity contribution >= 4 is 11.9 Å². The van der Waals surface area contributed by atoms with E-state index < -0.39 is 12.1 Å². The van der Waals surface area contributed by atoms with Gasteiger partial charge >= 0.3 is 5.97 Å². The molecule has 1 aromatic heterocycles. The van der Waals surface area contributed by atoms with Gasteiger partial charge in [0.25, 0.3) is 5.91 Å². The number of benzene rings is 2. The first-order chi connectivity index (χ1) is 14.6. The molecular weight excluding hydrogens is 382 g/mol. The van der Waals surface area contributed by atoms with Crippen molar-refractivity contribution in [1.82, 2.24) is 14.7 Å². The maximum Gasteiger partial charge on any atom is 0.363 e. The van der Waals surface area contributed by atoms with E-state index in [1.54, 1.807) is 40.0 Å². The van der Waals surface area contributed by atoms with Gasteiger partial charge in [-0.3, -0.25) is 4.79 Å². The van der Waals surface area contributed by atoms with Gasteiger partial charge in [0.2, 0.25) is 11.8 Å². The number of hydrogen-bond donors (Lipinski definition) is 0. The lowest BCUT2D eigenvalue weighted by Gasteiger charge is -2.25. The number of rotatable bonds is 8. The second-order valence-corrected chi connectivity index (χ2v) is 6.53. The number of para-hydroxylation sites is 1. The molecule has 0 saturated carbocycles. The standard InChI is InChI=1S/C23H25N3O4/c1-4-25(5-2)22(27)21(17-12-8-6-9-13-17)30-23(28)20-19(29-3)16-26(24-20)18-14-10-7-11-15-18/h6-16,21H,4-5H2,1-3H3/t21-/m0/s1. The number of nitrogens with zero attached hydrogens (tertiary/aromatic N) is 3. The summed E-state index contributed by atoms with van der Waals surface area (Å²) in [4.78, 5) is 27.7. The largest absolute Gasteiger partial charge is 0.493 e. The predicted molar refractivity (Wildman–Crippen MR) is 113 cm³/mol. The molecule has 1 heterocycles. The van der Waals surface area contributed by atoms with Crippen molar-refractivity contribution in [2.45, 2.75) is 20.0 Å². The molecule has 0 fully saturated rings. The zero-order valence-electron chi connectivity index (χ0n) is 17.3. The van der Waals surface area contributed by atoms with Crippen LogP contribution in [0, 0.1) is 0 Å². The average molecular weight is 407 g/mol. The molecule has 0 bridgehead atoms. The Morgan fingerprint density at radius 2 is 1.60 bits per heavy atom. The third-order valence-corrected chi connectivity index (χ3v) is 4.74. The maximum absolute atomic E-state index is 13.0. The van der Waals surface area contributed by atoms with Gasteiger partial charge in [-0.2, -0.15) is 5.10 Å². The van der Waals surface area contributed by atoms with E-state index in [0.29, 0.717) is 18.7 Å². The van der Waals surface area contributed by atoms with Crippen LogP contribution in [0.5, 0.6) is 5.75 Å². The van der Waals surface area contributed by atoms with E-state index in [9.17, 15) is 9.59 Å². The van der Waals surface area contributed by atoms with Crippen LogP contribution in [0.2, 0.25) is 0 Å². The van der Waals surface area contributed by atoms with Crippen LogP contribution >= 0.6 is 0 Å². The number of carbonyl (C=O) groups excluding carboxylic acids is 2. The van der Waals surface area contributed by atoms with E-state index in [4.69, 9.17) is 9.47 Å². The minimum Gasteiger partial charge on any atom is -0.493 e. The van der Waals surface area contributed by atoms with E-state index in [0.717, 1.165) is 5.69 Å². The molecule has 0 aliphatic carbocycles. The summed E-state index contributed by atoms with van der Waals surface area (Å²) in [6, 6.07) is 18.3. The van der Waals surface area contributed by atoms with E-state index in [1.807, 2.05) is 50.2 Å². The number of aromatic nitrogens is 2. The summed E-state index contributed by atoms with van der Waals surface area (Å²) >= 11 is 0. The Morgan fingerprint density at radius 1 is 1.00 bits per heavy atom. The van der Waals surface area contributed by atoms with Crippen molar-refractivity contribution in [2.24, 2.45) is 0 Å². The zero-order valence-corrected chi connectivity index (χ0v) is 17.3. The Hall–Kier alpha value is -3.61. The smallest absolute Gasteiger partial charge is 0.363 e. The van der Waals surface area contributed by atoms with Gasteiger partial charge in [-0.1, -0.05) is 48.5 Å². The predicted octanol–water partition coefficient (Wildman–Crippen LogP) is 3.65. The van der Waals surface area contributed by atoms with Crippen LogP contribution in [0.3, 0.4) is 0 Å². The highest BCUT2D eigenvalue weighted by Gasteiger charge is 2.31. The zero-order chi connectivity index (χ0) is 21.5. The van der Waals surface area contributed by atoms with Crippen molar-refractivity contribution in [1.29, 1.82) is 0 Å². The summed E-state index contributed by atoms with van der Waals surface area (Å²) in [6.45, 7) is 4.80. The molecule has 7 heteroatoms. The third kappa shape index (κ3) is 4.51. The van der Waals surface area contributed by atoms with E-state index >= 15 is 0 Å². The molecule has 0 aliphatic rings. The van der Waals surface area contributed by atoms with Crippen molar-refractivity contribution in [3.05, 3.63) is 78.1 Å². The Labute approximate surface area is 175 Å². The Balaban J connectivity index is 1.92. The molecule has 3 aromatic rings. The second-order valence-electron chi connectivity index (χ2n) is 6.53. The molecule has 1 atom stereocenters. The van der Waals surface area contributed by atoms with Crippen molar-refractivity contribution in [2.75, 3.05) is 20.2 Å². The molecule has 0 aliphatic heterocycles. The van der Waals surface area contributed by atoms with Gasteiger partial charge in [0.15, 0.2) is 5.75 Å². The number of esters is 1. The quantitative estimate of drug-likeness (QED) is 0.533. The van der Waals surface area contributed by atoms with Gasteiger partial charge in [0.1, 0.15) is 0 Å². The highest BCUT2D eigenvalue weighted by atomic mass is 16.6. The lowest BCUT2D eigenvalue weighted by atomic mass is 10.1. The summed E-state index contributed by atoms with van der Waals surface area (Å²) in [6.07, 6.45) is 0.542. The minimum atomic E-state index is -1.06. The van der Waals surface area contributed by atoms with E-state index in [1.165, 1.54) is 7.11 Å². The molecule has 0 saturated heterocycles. The van der Waals surface area contributed by atoms with Crippen LogP contribution in [-0.2, 0) is 9.53 Å². The first kappa shape index (κ1) is 21.1. The van der Waals surface area contributed by atoms with Gasteiger partial charge in [0, 0.05) is 18.7 Å². The molecule has 3 rings (SSSR count). The molecule has 2 aromatic carbocycles. The van der Waals surface area contributed by atoms with Gasteiger partial charge in [-0.05, 0) is 26.0 Å². The number of amides is 1. The van der Waals surface area contributed by atoms with Crippen LogP contribution in [0.1, 0.15) is 36.0 Å². The van der Waals surface area contributed by atoms with Gasteiger partial charge < -0.3 is 14.4 Å². The summed E-state index contributed by atoms with van der Waals surface area (Å²) in [5, 5.41) is 4.33. The van der Waals surface area contributed by atoms with Crippen LogP contribution in [0.4, 0.5) is 0 Å². The summed E-state index contributed by atoms with van der Waals surface area (Å²) < 4.78 is 12.5. The fourth-order valence-corrected chi connectivity index (χ4v) is 3.11. The summed E-state index contributed by atoms with van der Waals surface area (Å²) in [5.74, 6) is -0.733. The lowest BCUT2D eigenvalue weighted by Crippen LogP contribution is -2.36. The topological polar surface area (TPSA) is 73.7 Å². The summed E-state index contributed by atoms with van der Waals surface area (Å²) in [7, 11) is 1.46. The van der Waals surface area contributed by atoms with E-state index in [2.05, 4.69) is 5.10 Å². The van der Waals surface area contributed by atoms with Crippen LogP contribution in [0.15, 0.2) is 66.9 Å². The van der Waals surface area contributed by atoms with Crippen LogP contribution < -0.4 is 4.74 Å². The highest BCUT2D eigenvalue weighted by molar-refractivity contribution is 5.93. The number of ether oxygens (including phenoxy) is 2. The van der Waals surface area contributed by atoms with Gasteiger partial charge in [-0.25, -0.2) is 9.48 Å². The fourth-order valence-electron chi connectivity index (χ4n) is 3.11. The molecule has 0 unspecified atom stereocenters. The Morgan fingerprint density at radius 3 is 2.17 bits per heavy atom. The van der Waals surface area contributed by atoms with Crippen molar-refractivity contribution in [3.63, 3.8) is 0 Å². The van der Waals surface area contributed by atoms with Crippen molar-refractivity contribution < 1.29 is 19.1 Å². The van der Waals surface area contributed by atoms with Crippen LogP contribution in [-0.4, -0.2) is 46.8 Å². The third-order valence-electron chi connectivity index (χ3n) is 4.74. The number of methoxy groups -OCH3 is 1. The number of hydrogen-bond acceptors (Lipinski definition) is 5. The van der Waals surface area contributed by atoms with E-state index in [-0.39, 0.29) is 17.4 Å². The normalized spacial score (nSPS) is 11.6. The Bertz CT molecular complexity index is 982. The monoisotopic (exact) mass is 407 g/mol. The molecule has 0 N–H and O–H groups in total. The number of carbonyl (C=O) groups is 2. The molecule has 30 heavy (non-hydrogen) atoms. The molecule has 1 amide bonds. The SMILES string of the molecule is CCN(CC)C(=O)[C@@H](OC(=O)c1nn(-c2ccccc2)cc1OC)c1ccccc1. The Kier molecular flexibility index (Phi) is 6.85. The molecular formula is C23H25N3O4. The first-order valence-electron chi connectivity index (χ1n) is 9.82. The van der Waals surface area contributed by atoms with Crippen molar-refractivity contribution in [3.8, 4) is 11.4 Å². The van der Waals surface area contributed by atoms with Gasteiger partial charge in [-0.15, -0.1) is 0 Å². The average Bonchev–Trinajstić information content (AvgIpc) is 3.24. The molecule has 0 spiro atoms. The molecule has 7 nitrogen and oxygen atoms in total. The summed E-state index contributed by atoms with van der Waals surface area (Å²) in [5.41, 5.74) is 1.38. The second kappa shape index (κ2) is 9.73. The first-order valence-corrected chi connectivity index (χ1v) is 9.82. The molecule has 156 valence electrons. The fraction of sp³-hybridized carbons (Fsp3) is 0.261. The van der Waals surface area contributed by atoms with Crippen LogP contribution in [0.25, 0.3) is 5.69 Å². The highest BCUT2D eigenvalue weighted by Crippen LogP contribution is 2.25. The lowest BCUT2D eigenvalue weighted by molar-refractivity contribution is -0.140. The van der Waals surface area contributed by atoms with Gasteiger partial charge in [0.05, 0.1) is 19.0 Å². The number of likely N-dealkylation sites (N-methyl/N-ethyl adjacent to an activating group) is 1. The minimum absolute atomic E-state index is 0.00892. The molecule has 0 radical (unpaired) electrons.